The van der Waals surface area contributed by atoms with Crippen molar-refractivity contribution in [1.29, 1.82) is 0 Å². The lowest BCUT2D eigenvalue weighted by atomic mass is 10.1. The van der Waals surface area contributed by atoms with E-state index >= 15 is 0 Å². The third kappa shape index (κ3) is 6.13. The standard InChI is InChI=1S/C24H27N7O3/c25-22(32)16-26-17-23(33)28-19-8-6-18(7-9-19)21-10-11-27-24(29-21)31(20-4-2-1-3-5-20)30-12-14-34-15-13-30/h1-11,26H,12-17H2,(H2,25,32)(H,28,33). The number of para-hydroxylation sites is 1. The van der Waals surface area contributed by atoms with E-state index in [1.807, 2.05) is 53.5 Å². The maximum atomic E-state index is 12.0. The molecule has 3 aromatic rings. The second-order valence-electron chi connectivity index (χ2n) is 7.65. The van der Waals surface area contributed by atoms with Crippen LogP contribution in [-0.4, -0.2) is 66.2 Å². The van der Waals surface area contributed by atoms with Crippen LogP contribution >= 0.6 is 0 Å². The summed E-state index contributed by atoms with van der Waals surface area (Å²) in [5.41, 5.74) is 8.33. The first-order chi connectivity index (χ1) is 16.6. The minimum absolute atomic E-state index is 0.00315. The molecular formula is C24H27N7O3. The van der Waals surface area contributed by atoms with E-state index in [9.17, 15) is 9.59 Å². The summed E-state index contributed by atoms with van der Waals surface area (Å²) in [7, 11) is 0. The van der Waals surface area contributed by atoms with Gasteiger partial charge < -0.3 is 15.8 Å². The first-order valence-electron chi connectivity index (χ1n) is 11.0. The fourth-order valence-corrected chi connectivity index (χ4v) is 3.57. The van der Waals surface area contributed by atoms with Gasteiger partial charge in [-0.3, -0.25) is 14.9 Å². The van der Waals surface area contributed by atoms with Crippen molar-refractivity contribution >= 4 is 29.1 Å². The summed E-state index contributed by atoms with van der Waals surface area (Å²) in [5.74, 6) is -0.202. The highest BCUT2D eigenvalue weighted by molar-refractivity contribution is 5.92. The van der Waals surface area contributed by atoms with Crippen molar-refractivity contribution in [2.45, 2.75) is 0 Å². The van der Waals surface area contributed by atoms with Crippen molar-refractivity contribution in [3.8, 4) is 11.3 Å². The van der Waals surface area contributed by atoms with Crippen molar-refractivity contribution in [1.82, 2.24) is 20.3 Å². The number of hydrogen-bond donors (Lipinski definition) is 3. The second-order valence-corrected chi connectivity index (χ2v) is 7.65. The van der Waals surface area contributed by atoms with E-state index in [4.69, 9.17) is 15.5 Å². The molecule has 34 heavy (non-hydrogen) atoms. The van der Waals surface area contributed by atoms with Crippen LogP contribution in [0.1, 0.15) is 0 Å². The zero-order valence-corrected chi connectivity index (χ0v) is 18.7. The van der Waals surface area contributed by atoms with Gasteiger partial charge in [0.25, 0.3) is 0 Å². The minimum Gasteiger partial charge on any atom is -0.379 e. The molecule has 0 aliphatic carbocycles. The van der Waals surface area contributed by atoms with Crippen LogP contribution in [-0.2, 0) is 14.3 Å². The van der Waals surface area contributed by atoms with Gasteiger partial charge in [-0.1, -0.05) is 30.3 Å². The Hall–Kier alpha value is -3.86. The molecular weight excluding hydrogens is 434 g/mol. The summed E-state index contributed by atoms with van der Waals surface area (Å²) in [4.78, 5) is 32.1. The Morgan fingerprint density at radius 3 is 2.44 bits per heavy atom. The van der Waals surface area contributed by atoms with Crippen LogP contribution in [0, 0.1) is 0 Å². The number of nitrogens with zero attached hydrogens (tertiary/aromatic N) is 4. The molecule has 0 unspecified atom stereocenters. The number of anilines is 3. The molecule has 2 amide bonds. The number of ether oxygens (including phenoxy) is 1. The fourth-order valence-electron chi connectivity index (χ4n) is 3.57. The van der Waals surface area contributed by atoms with Crippen molar-refractivity contribution in [2.24, 2.45) is 5.73 Å². The predicted molar refractivity (Wildman–Crippen MR) is 129 cm³/mol. The van der Waals surface area contributed by atoms with E-state index in [-0.39, 0.29) is 19.0 Å². The van der Waals surface area contributed by atoms with Gasteiger partial charge in [0.05, 0.1) is 37.7 Å². The molecule has 2 aromatic carbocycles. The molecule has 1 aromatic heterocycles. The maximum Gasteiger partial charge on any atom is 0.245 e. The quantitative estimate of drug-likeness (QED) is 0.438. The largest absolute Gasteiger partial charge is 0.379 e. The number of nitrogens with two attached hydrogens (primary N) is 1. The van der Waals surface area contributed by atoms with E-state index in [2.05, 4.69) is 20.6 Å². The lowest BCUT2D eigenvalue weighted by molar-refractivity contribution is -0.117. The molecule has 10 heteroatoms. The molecule has 10 nitrogen and oxygen atoms in total. The van der Waals surface area contributed by atoms with Crippen LogP contribution < -0.4 is 21.4 Å². The summed E-state index contributed by atoms with van der Waals surface area (Å²) in [6.07, 6.45) is 1.74. The molecule has 1 aliphatic heterocycles. The van der Waals surface area contributed by atoms with Crippen molar-refractivity contribution in [3.05, 3.63) is 66.9 Å². The number of hydrogen-bond acceptors (Lipinski definition) is 8. The van der Waals surface area contributed by atoms with Crippen LogP contribution in [0.15, 0.2) is 66.9 Å². The van der Waals surface area contributed by atoms with Gasteiger partial charge >= 0.3 is 0 Å². The molecule has 1 fully saturated rings. The third-order valence-corrected chi connectivity index (χ3v) is 5.15. The van der Waals surface area contributed by atoms with Gasteiger partial charge in [0.2, 0.25) is 17.8 Å². The number of carbonyl (C=O) groups excluding carboxylic acids is 2. The van der Waals surface area contributed by atoms with Crippen LogP contribution in [0.4, 0.5) is 17.3 Å². The molecule has 4 N–H and O–H groups in total. The second kappa shape index (κ2) is 11.3. The lowest BCUT2D eigenvalue weighted by Crippen LogP contribution is -2.47. The van der Waals surface area contributed by atoms with Crippen LogP contribution in [0.3, 0.4) is 0 Å². The average Bonchev–Trinajstić information content (AvgIpc) is 2.86. The Morgan fingerprint density at radius 2 is 1.74 bits per heavy atom. The number of primary amides is 1. The first-order valence-corrected chi connectivity index (χ1v) is 11.0. The van der Waals surface area contributed by atoms with E-state index in [0.29, 0.717) is 24.8 Å². The average molecular weight is 462 g/mol. The van der Waals surface area contributed by atoms with Crippen molar-refractivity contribution in [3.63, 3.8) is 0 Å². The molecule has 0 saturated carbocycles. The van der Waals surface area contributed by atoms with E-state index < -0.39 is 5.91 Å². The Kier molecular flexibility index (Phi) is 7.76. The fraction of sp³-hybridized carbons (Fsp3) is 0.250. The summed E-state index contributed by atoms with van der Waals surface area (Å²) in [6.45, 7) is 2.72. The van der Waals surface area contributed by atoms with Crippen LogP contribution in [0.5, 0.6) is 0 Å². The molecule has 0 radical (unpaired) electrons. The highest BCUT2D eigenvalue weighted by Crippen LogP contribution is 2.27. The van der Waals surface area contributed by atoms with Gasteiger partial charge in [-0.2, -0.15) is 0 Å². The van der Waals surface area contributed by atoms with Gasteiger partial charge in [-0.15, -0.1) is 0 Å². The monoisotopic (exact) mass is 461 g/mol. The van der Waals surface area contributed by atoms with Gasteiger partial charge in [0.15, 0.2) is 0 Å². The smallest absolute Gasteiger partial charge is 0.245 e. The van der Waals surface area contributed by atoms with E-state index in [0.717, 1.165) is 30.0 Å². The SMILES string of the molecule is NC(=O)CNCC(=O)Nc1ccc(-c2ccnc(N(c3ccccc3)N3CCOCC3)n2)cc1. The minimum atomic E-state index is -0.513. The van der Waals surface area contributed by atoms with Crippen LogP contribution in [0.25, 0.3) is 11.3 Å². The highest BCUT2D eigenvalue weighted by Gasteiger charge is 2.23. The first kappa shape index (κ1) is 23.3. The van der Waals surface area contributed by atoms with Crippen molar-refractivity contribution < 1.29 is 14.3 Å². The molecule has 0 bridgehead atoms. The summed E-state index contributed by atoms with van der Waals surface area (Å²) < 4.78 is 5.52. The zero-order valence-electron chi connectivity index (χ0n) is 18.7. The Balaban J connectivity index is 1.51. The van der Waals surface area contributed by atoms with E-state index in [1.165, 1.54) is 0 Å². The molecule has 1 saturated heterocycles. The number of carbonyl (C=O) groups is 2. The Bertz CT molecular complexity index is 1100. The summed E-state index contributed by atoms with van der Waals surface area (Å²) in [5, 5.41) is 9.67. The maximum absolute atomic E-state index is 12.0. The topological polar surface area (TPSA) is 126 Å². The van der Waals surface area contributed by atoms with Crippen molar-refractivity contribution in [2.75, 3.05) is 49.7 Å². The predicted octanol–water partition coefficient (Wildman–Crippen LogP) is 1.54. The van der Waals surface area contributed by atoms with Gasteiger partial charge in [-0.05, 0) is 30.3 Å². The summed E-state index contributed by atoms with van der Waals surface area (Å²) >= 11 is 0. The number of amides is 2. The van der Waals surface area contributed by atoms with Gasteiger partial charge in [-0.25, -0.2) is 20.0 Å². The van der Waals surface area contributed by atoms with Gasteiger partial charge in [0.1, 0.15) is 0 Å². The number of morpholine rings is 1. The van der Waals surface area contributed by atoms with E-state index in [1.54, 1.807) is 18.3 Å². The zero-order chi connectivity index (χ0) is 23.8. The number of nitrogens with one attached hydrogen (secondary N) is 2. The Morgan fingerprint density at radius 1 is 1.00 bits per heavy atom. The number of aromatic nitrogens is 2. The molecule has 0 atom stereocenters. The lowest BCUT2D eigenvalue weighted by Gasteiger charge is -2.37. The third-order valence-electron chi connectivity index (χ3n) is 5.15. The molecule has 4 rings (SSSR count). The Labute approximate surface area is 197 Å². The van der Waals surface area contributed by atoms with Crippen LogP contribution in [0.2, 0.25) is 0 Å². The molecule has 0 spiro atoms. The number of hydrazine groups is 1. The molecule has 1 aliphatic rings. The summed E-state index contributed by atoms with van der Waals surface area (Å²) in [6, 6.07) is 19.3. The normalized spacial score (nSPS) is 13.9. The number of benzene rings is 2. The van der Waals surface area contributed by atoms with Gasteiger partial charge in [0, 0.05) is 30.5 Å². The molecule has 176 valence electrons. The number of rotatable bonds is 9. The molecule has 2 heterocycles. The highest BCUT2D eigenvalue weighted by atomic mass is 16.5.